The average Bonchev–Trinajstić information content (AvgIpc) is 2.86. The smallest absolute Gasteiger partial charge is 0.300 e. The molecule has 118 valence electrons. The number of piperidine rings is 1. The average molecular weight is 295 g/mol. The SMILES string of the molecule is CCCOC1CCCN(Cc2cc(C(=O)NN)oc2C)C1. The fraction of sp³-hybridized carbons (Fsp3) is 0.667. The molecule has 1 atom stereocenters. The highest BCUT2D eigenvalue weighted by Crippen LogP contribution is 2.20. The predicted molar refractivity (Wildman–Crippen MR) is 79.6 cm³/mol. The summed E-state index contributed by atoms with van der Waals surface area (Å²) < 4.78 is 11.3. The second kappa shape index (κ2) is 7.59. The molecule has 1 aliphatic heterocycles. The number of hydrazine groups is 1. The first-order valence-electron chi connectivity index (χ1n) is 7.58. The number of carbonyl (C=O) groups excluding carboxylic acids is 1. The third kappa shape index (κ3) is 4.30. The highest BCUT2D eigenvalue weighted by Gasteiger charge is 2.22. The van der Waals surface area contributed by atoms with E-state index < -0.39 is 5.91 Å². The lowest BCUT2D eigenvalue weighted by molar-refractivity contribution is -0.00232. The van der Waals surface area contributed by atoms with Crippen molar-refractivity contribution in [2.75, 3.05) is 19.7 Å². The van der Waals surface area contributed by atoms with Crippen molar-refractivity contribution < 1.29 is 13.9 Å². The number of nitrogens with two attached hydrogens (primary N) is 1. The Morgan fingerprint density at radius 1 is 1.62 bits per heavy atom. The number of nitrogen functional groups attached to an aromatic ring is 1. The van der Waals surface area contributed by atoms with Crippen LogP contribution in [-0.4, -0.2) is 36.6 Å². The molecule has 0 aliphatic carbocycles. The third-order valence-electron chi connectivity index (χ3n) is 3.79. The van der Waals surface area contributed by atoms with Gasteiger partial charge in [-0.15, -0.1) is 0 Å². The number of ether oxygens (including phenoxy) is 1. The van der Waals surface area contributed by atoms with E-state index in [1.165, 1.54) is 0 Å². The van der Waals surface area contributed by atoms with Gasteiger partial charge in [0.2, 0.25) is 0 Å². The molecule has 1 saturated heterocycles. The minimum Gasteiger partial charge on any atom is -0.456 e. The maximum Gasteiger partial charge on any atom is 0.300 e. The Labute approximate surface area is 125 Å². The summed E-state index contributed by atoms with van der Waals surface area (Å²) in [6.45, 7) is 7.58. The van der Waals surface area contributed by atoms with E-state index in [4.69, 9.17) is 15.0 Å². The van der Waals surface area contributed by atoms with Gasteiger partial charge >= 0.3 is 5.91 Å². The number of likely N-dealkylation sites (tertiary alicyclic amines) is 1. The summed E-state index contributed by atoms with van der Waals surface area (Å²) in [5.41, 5.74) is 3.12. The van der Waals surface area contributed by atoms with E-state index in [0.717, 1.165) is 56.8 Å². The second-order valence-corrected chi connectivity index (χ2v) is 5.54. The molecule has 1 fully saturated rings. The summed E-state index contributed by atoms with van der Waals surface area (Å²) in [5, 5.41) is 0. The zero-order valence-corrected chi connectivity index (χ0v) is 12.9. The van der Waals surface area contributed by atoms with Crippen LogP contribution in [0, 0.1) is 6.92 Å². The molecule has 6 heteroatoms. The van der Waals surface area contributed by atoms with Crippen molar-refractivity contribution in [2.24, 2.45) is 5.84 Å². The monoisotopic (exact) mass is 295 g/mol. The number of carbonyl (C=O) groups is 1. The summed E-state index contributed by atoms with van der Waals surface area (Å²) in [5.74, 6) is 5.76. The van der Waals surface area contributed by atoms with Crippen molar-refractivity contribution in [1.29, 1.82) is 0 Å². The quantitative estimate of drug-likeness (QED) is 0.473. The third-order valence-corrected chi connectivity index (χ3v) is 3.79. The van der Waals surface area contributed by atoms with Crippen molar-refractivity contribution in [2.45, 2.75) is 45.8 Å². The molecular formula is C15H25N3O3. The Balaban J connectivity index is 1.94. The molecule has 2 rings (SSSR count). The van der Waals surface area contributed by atoms with Gasteiger partial charge in [0.25, 0.3) is 0 Å². The summed E-state index contributed by atoms with van der Waals surface area (Å²) in [6, 6.07) is 1.77. The molecular weight excluding hydrogens is 270 g/mol. The molecule has 0 bridgehead atoms. The van der Waals surface area contributed by atoms with Crippen LogP contribution in [0.25, 0.3) is 0 Å². The van der Waals surface area contributed by atoms with Gasteiger partial charge in [-0.1, -0.05) is 6.92 Å². The number of nitrogens with one attached hydrogen (secondary N) is 1. The maximum absolute atomic E-state index is 11.5. The first-order valence-corrected chi connectivity index (χ1v) is 7.58. The zero-order chi connectivity index (χ0) is 15.2. The Hall–Kier alpha value is -1.37. The van der Waals surface area contributed by atoms with Crippen molar-refractivity contribution in [3.8, 4) is 0 Å². The lowest BCUT2D eigenvalue weighted by atomic mass is 10.1. The minimum atomic E-state index is -0.396. The lowest BCUT2D eigenvalue weighted by Crippen LogP contribution is -2.39. The molecule has 6 nitrogen and oxygen atoms in total. The molecule has 1 aliphatic rings. The van der Waals surface area contributed by atoms with E-state index in [2.05, 4.69) is 17.2 Å². The van der Waals surface area contributed by atoms with Gasteiger partial charge < -0.3 is 9.15 Å². The normalized spacial score (nSPS) is 19.7. The molecule has 1 amide bonds. The van der Waals surface area contributed by atoms with Crippen molar-refractivity contribution >= 4 is 5.91 Å². The van der Waals surface area contributed by atoms with Crippen LogP contribution in [0.15, 0.2) is 10.5 Å². The summed E-state index contributed by atoms with van der Waals surface area (Å²) in [6.07, 6.45) is 3.63. The van der Waals surface area contributed by atoms with Gasteiger partial charge in [-0.3, -0.25) is 15.1 Å². The molecule has 0 aromatic carbocycles. The standard InChI is InChI=1S/C15H25N3O3/c1-3-7-20-13-5-4-6-18(10-13)9-12-8-14(15(19)17-16)21-11(12)2/h8,13H,3-7,9-10,16H2,1-2H3,(H,17,19). The molecule has 1 aromatic rings. The fourth-order valence-electron chi connectivity index (χ4n) is 2.68. The minimum absolute atomic E-state index is 0.265. The fourth-order valence-corrected chi connectivity index (χ4v) is 2.68. The Kier molecular flexibility index (Phi) is 5.78. The van der Waals surface area contributed by atoms with Crippen LogP contribution in [0.1, 0.15) is 48.1 Å². The maximum atomic E-state index is 11.5. The molecule has 1 aromatic heterocycles. The van der Waals surface area contributed by atoms with Crippen LogP contribution in [-0.2, 0) is 11.3 Å². The van der Waals surface area contributed by atoms with Crippen molar-refractivity contribution in [3.63, 3.8) is 0 Å². The highest BCUT2D eigenvalue weighted by atomic mass is 16.5. The van der Waals surface area contributed by atoms with Crippen LogP contribution in [0.2, 0.25) is 0 Å². The Morgan fingerprint density at radius 2 is 2.43 bits per heavy atom. The lowest BCUT2D eigenvalue weighted by Gasteiger charge is -2.32. The van der Waals surface area contributed by atoms with E-state index in [1.54, 1.807) is 6.07 Å². The largest absolute Gasteiger partial charge is 0.456 e. The number of aryl methyl sites for hydroxylation is 1. The van der Waals surface area contributed by atoms with E-state index in [-0.39, 0.29) is 5.76 Å². The van der Waals surface area contributed by atoms with Gasteiger partial charge in [0.05, 0.1) is 6.10 Å². The number of furan rings is 1. The van der Waals surface area contributed by atoms with Crippen molar-refractivity contribution in [3.05, 3.63) is 23.2 Å². The molecule has 3 N–H and O–H groups in total. The van der Waals surface area contributed by atoms with Gasteiger partial charge in [0, 0.05) is 25.3 Å². The van der Waals surface area contributed by atoms with Crippen LogP contribution in [0.4, 0.5) is 0 Å². The molecule has 21 heavy (non-hydrogen) atoms. The Morgan fingerprint density at radius 3 is 3.14 bits per heavy atom. The van der Waals surface area contributed by atoms with Crippen molar-refractivity contribution in [1.82, 2.24) is 10.3 Å². The topological polar surface area (TPSA) is 80.7 Å². The van der Waals surface area contributed by atoms with Gasteiger partial charge in [0.1, 0.15) is 5.76 Å². The molecule has 0 spiro atoms. The first kappa shape index (κ1) is 16.0. The van der Waals surface area contributed by atoms with Gasteiger partial charge in [-0.2, -0.15) is 0 Å². The Bertz CT molecular complexity index is 473. The molecule has 1 unspecified atom stereocenters. The zero-order valence-electron chi connectivity index (χ0n) is 12.9. The highest BCUT2D eigenvalue weighted by molar-refractivity contribution is 5.91. The number of amides is 1. The summed E-state index contributed by atoms with van der Waals surface area (Å²) in [4.78, 5) is 13.8. The van der Waals surface area contributed by atoms with E-state index >= 15 is 0 Å². The summed E-state index contributed by atoms with van der Waals surface area (Å²) >= 11 is 0. The first-order chi connectivity index (χ1) is 10.1. The van der Waals surface area contributed by atoms with Crippen LogP contribution in [0.3, 0.4) is 0 Å². The van der Waals surface area contributed by atoms with E-state index in [1.807, 2.05) is 6.92 Å². The number of rotatable bonds is 6. The van der Waals surface area contributed by atoms with Crippen LogP contribution >= 0.6 is 0 Å². The van der Waals surface area contributed by atoms with Gasteiger partial charge in [-0.05, 0) is 38.8 Å². The van der Waals surface area contributed by atoms with E-state index in [0.29, 0.717) is 6.10 Å². The predicted octanol–water partition coefficient (Wildman–Crippen LogP) is 1.58. The summed E-state index contributed by atoms with van der Waals surface area (Å²) in [7, 11) is 0. The number of hydrogen-bond donors (Lipinski definition) is 2. The van der Waals surface area contributed by atoms with Gasteiger partial charge in [-0.25, -0.2) is 5.84 Å². The van der Waals surface area contributed by atoms with E-state index in [9.17, 15) is 4.79 Å². The van der Waals surface area contributed by atoms with Crippen LogP contribution < -0.4 is 11.3 Å². The second-order valence-electron chi connectivity index (χ2n) is 5.54. The van der Waals surface area contributed by atoms with Crippen LogP contribution in [0.5, 0.6) is 0 Å². The number of nitrogens with zero attached hydrogens (tertiary/aromatic N) is 1. The molecule has 0 saturated carbocycles. The molecule has 0 radical (unpaired) electrons. The number of hydrogen-bond acceptors (Lipinski definition) is 5. The molecule has 2 heterocycles. The van der Waals surface area contributed by atoms with Gasteiger partial charge in [0.15, 0.2) is 5.76 Å².